The van der Waals surface area contributed by atoms with Crippen molar-refractivity contribution in [1.29, 1.82) is 0 Å². The van der Waals surface area contributed by atoms with Crippen molar-refractivity contribution in [3.63, 3.8) is 0 Å². The Bertz CT molecular complexity index is 484. The van der Waals surface area contributed by atoms with E-state index in [9.17, 15) is 9.59 Å². The zero-order valence-electron chi connectivity index (χ0n) is 13.0. The summed E-state index contributed by atoms with van der Waals surface area (Å²) < 4.78 is 5.10. The first-order valence-corrected chi connectivity index (χ1v) is 7.05. The van der Waals surface area contributed by atoms with Gasteiger partial charge in [-0.05, 0) is 24.6 Å². The summed E-state index contributed by atoms with van der Waals surface area (Å²) in [5.41, 5.74) is 0.987. The van der Waals surface area contributed by atoms with Crippen LogP contribution in [0.4, 0.5) is 0 Å². The van der Waals surface area contributed by atoms with Crippen LogP contribution in [0.3, 0.4) is 0 Å². The van der Waals surface area contributed by atoms with Gasteiger partial charge in [0.2, 0.25) is 5.91 Å². The first-order chi connectivity index (χ1) is 9.90. The van der Waals surface area contributed by atoms with E-state index in [0.29, 0.717) is 13.1 Å². The van der Waals surface area contributed by atoms with Crippen molar-refractivity contribution in [2.75, 3.05) is 13.7 Å². The van der Waals surface area contributed by atoms with E-state index in [1.807, 2.05) is 31.2 Å². The van der Waals surface area contributed by atoms with Gasteiger partial charge in [-0.25, -0.2) is 0 Å². The predicted octanol–water partition coefficient (Wildman–Crippen LogP) is 2.40. The SMILES string of the molecule is CCN(Cc1ccc(OC)cc1)C(=O)C(C)C(C)C(=O)O. The maximum Gasteiger partial charge on any atom is 0.307 e. The summed E-state index contributed by atoms with van der Waals surface area (Å²) in [6, 6.07) is 7.49. The van der Waals surface area contributed by atoms with E-state index in [-0.39, 0.29) is 5.91 Å². The normalized spacial score (nSPS) is 13.3. The Hall–Kier alpha value is -2.04. The molecule has 1 aromatic rings. The maximum atomic E-state index is 12.4. The second-order valence-corrected chi connectivity index (χ2v) is 5.12. The van der Waals surface area contributed by atoms with Crippen molar-refractivity contribution in [3.05, 3.63) is 29.8 Å². The second-order valence-electron chi connectivity index (χ2n) is 5.12. The molecule has 21 heavy (non-hydrogen) atoms. The molecule has 0 radical (unpaired) electrons. The molecular formula is C16H23NO4. The quantitative estimate of drug-likeness (QED) is 0.838. The number of amides is 1. The fraction of sp³-hybridized carbons (Fsp3) is 0.500. The number of hydrogen-bond donors (Lipinski definition) is 1. The third-order valence-electron chi connectivity index (χ3n) is 3.75. The maximum absolute atomic E-state index is 12.4. The van der Waals surface area contributed by atoms with E-state index in [1.165, 1.54) is 0 Å². The lowest BCUT2D eigenvalue weighted by Crippen LogP contribution is -2.38. The van der Waals surface area contributed by atoms with E-state index in [0.717, 1.165) is 11.3 Å². The Kier molecular flexibility index (Phi) is 6.21. The van der Waals surface area contributed by atoms with Crippen LogP contribution in [-0.2, 0) is 16.1 Å². The third-order valence-corrected chi connectivity index (χ3v) is 3.75. The summed E-state index contributed by atoms with van der Waals surface area (Å²) in [6.07, 6.45) is 0. The van der Waals surface area contributed by atoms with Crippen LogP contribution >= 0.6 is 0 Å². The van der Waals surface area contributed by atoms with Gasteiger partial charge < -0.3 is 14.7 Å². The highest BCUT2D eigenvalue weighted by Crippen LogP contribution is 2.18. The molecule has 1 amide bonds. The number of rotatable bonds is 7. The number of aliphatic carboxylic acids is 1. The van der Waals surface area contributed by atoms with Crippen molar-refractivity contribution in [2.24, 2.45) is 11.8 Å². The van der Waals surface area contributed by atoms with E-state index < -0.39 is 17.8 Å². The Balaban J connectivity index is 2.77. The van der Waals surface area contributed by atoms with Gasteiger partial charge in [-0.3, -0.25) is 9.59 Å². The molecule has 116 valence electrons. The number of carbonyl (C=O) groups excluding carboxylic acids is 1. The number of carboxylic acids is 1. The third kappa shape index (κ3) is 4.48. The molecule has 0 aliphatic heterocycles. The molecule has 0 aliphatic carbocycles. The number of carboxylic acid groups (broad SMARTS) is 1. The minimum absolute atomic E-state index is 0.136. The molecule has 0 spiro atoms. The highest BCUT2D eigenvalue weighted by Gasteiger charge is 2.28. The molecule has 0 saturated carbocycles. The molecule has 5 nitrogen and oxygen atoms in total. The molecule has 5 heteroatoms. The average molecular weight is 293 g/mol. The lowest BCUT2D eigenvalue weighted by molar-refractivity contribution is -0.149. The van der Waals surface area contributed by atoms with Gasteiger partial charge in [-0.15, -0.1) is 0 Å². The Morgan fingerprint density at radius 2 is 1.76 bits per heavy atom. The molecule has 1 aromatic carbocycles. The van der Waals surface area contributed by atoms with Gasteiger partial charge >= 0.3 is 5.97 Å². The van der Waals surface area contributed by atoms with E-state index in [2.05, 4.69) is 0 Å². The van der Waals surface area contributed by atoms with Gasteiger partial charge in [0, 0.05) is 19.0 Å². The fourth-order valence-corrected chi connectivity index (χ4v) is 2.01. The Labute approximate surface area is 125 Å². The first kappa shape index (κ1) is 17.0. The van der Waals surface area contributed by atoms with Gasteiger partial charge in [-0.2, -0.15) is 0 Å². The first-order valence-electron chi connectivity index (χ1n) is 7.05. The lowest BCUT2D eigenvalue weighted by Gasteiger charge is -2.26. The van der Waals surface area contributed by atoms with Gasteiger partial charge in [0.1, 0.15) is 5.75 Å². The van der Waals surface area contributed by atoms with E-state index in [4.69, 9.17) is 9.84 Å². The van der Waals surface area contributed by atoms with Crippen molar-refractivity contribution < 1.29 is 19.4 Å². The summed E-state index contributed by atoms with van der Waals surface area (Å²) in [5, 5.41) is 9.02. The zero-order valence-corrected chi connectivity index (χ0v) is 13.0. The molecule has 2 unspecified atom stereocenters. The van der Waals surface area contributed by atoms with Crippen molar-refractivity contribution >= 4 is 11.9 Å². The van der Waals surface area contributed by atoms with Crippen LogP contribution in [0.25, 0.3) is 0 Å². The lowest BCUT2D eigenvalue weighted by atomic mass is 9.94. The van der Waals surface area contributed by atoms with Crippen LogP contribution in [0, 0.1) is 11.8 Å². The van der Waals surface area contributed by atoms with E-state index >= 15 is 0 Å². The summed E-state index contributed by atoms with van der Waals surface area (Å²) in [5.74, 6) is -1.55. The molecule has 2 atom stereocenters. The summed E-state index contributed by atoms with van der Waals surface area (Å²) in [6.45, 7) is 6.13. The average Bonchev–Trinajstić information content (AvgIpc) is 2.50. The summed E-state index contributed by atoms with van der Waals surface area (Å²) in [7, 11) is 1.60. The molecule has 0 saturated heterocycles. The largest absolute Gasteiger partial charge is 0.497 e. The van der Waals surface area contributed by atoms with Crippen molar-refractivity contribution in [1.82, 2.24) is 4.90 Å². The highest BCUT2D eigenvalue weighted by molar-refractivity contribution is 5.84. The summed E-state index contributed by atoms with van der Waals surface area (Å²) in [4.78, 5) is 25.1. The van der Waals surface area contributed by atoms with Crippen LogP contribution in [0.5, 0.6) is 5.75 Å². The number of methoxy groups -OCH3 is 1. The second kappa shape index (κ2) is 7.67. The Morgan fingerprint density at radius 1 is 1.19 bits per heavy atom. The Morgan fingerprint density at radius 3 is 2.19 bits per heavy atom. The minimum Gasteiger partial charge on any atom is -0.497 e. The molecule has 1 rings (SSSR count). The van der Waals surface area contributed by atoms with Crippen molar-refractivity contribution in [2.45, 2.75) is 27.3 Å². The molecule has 0 aromatic heterocycles. The van der Waals surface area contributed by atoms with Gasteiger partial charge in [0.15, 0.2) is 0 Å². The molecule has 0 bridgehead atoms. The highest BCUT2D eigenvalue weighted by atomic mass is 16.5. The molecule has 0 heterocycles. The number of hydrogen-bond acceptors (Lipinski definition) is 3. The molecule has 0 fully saturated rings. The minimum atomic E-state index is -0.948. The molecular weight excluding hydrogens is 270 g/mol. The smallest absolute Gasteiger partial charge is 0.307 e. The van der Waals surface area contributed by atoms with Crippen LogP contribution in [0.15, 0.2) is 24.3 Å². The topological polar surface area (TPSA) is 66.8 Å². The van der Waals surface area contributed by atoms with Gasteiger partial charge in [0.25, 0.3) is 0 Å². The number of carbonyl (C=O) groups is 2. The van der Waals surface area contributed by atoms with Crippen LogP contribution in [0.1, 0.15) is 26.3 Å². The number of ether oxygens (including phenoxy) is 1. The van der Waals surface area contributed by atoms with Gasteiger partial charge in [-0.1, -0.05) is 26.0 Å². The summed E-state index contributed by atoms with van der Waals surface area (Å²) >= 11 is 0. The van der Waals surface area contributed by atoms with Crippen LogP contribution < -0.4 is 4.74 Å². The van der Waals surface area contributed by atoms with E-state index in [1.54, 1.807) is 25.9 Å². The van der Waals surface area contributed by atoms with Crippen molar-refractivity contribution in [3.8, 4) is 5.75 Å². The zero-order chi connectivity index (χ0) is 16.0. The molecule has 0 aliphatic rings. The fourth-order valence-electron chi connectivity index (χ4n) is 2.01. The van der Waals surface area contributed by atoms with Crippen LogP contribution in [0.2, 0.25) is 0 Å². The monoisotopic (exact) mass is 293 g/mol. The van der Waals surface area contributed by atoms with Crippen LogP contribution in [-0.4, -0.2) is 35.5 Å². The molecule has 1 N–H and O–H groups in total. The predicted molar refractivity (Wildman–Crippen MR) is 80.0 cm³/mol. The number of benzene rings is 1. The standard InChI is InChI=1S/C16H23NO4/c1-5-17(15(18)11(2)12(3)16(19)20)10-13-6-8-14(21-4)9-7-13/h6-9,11-12H,5,10H2,1-4H3,(H,19,20). The number of nitrogens with zero attached hydrogens (tertiary/aromatic N) is 1. The van der Waals surface area contributed by atoms with Gasteiger partial charge in [0.05, 0.1) is 13.0 Å².